The van der Waals surface area contributed by atoms with E-state index in [1.54, 1.807) is 0 Å². The number of anilines is 6. The van der Waals surface area contributed by atoms with Crippen LogP contribution in [0.3, 0.4) is 0 Å². The molecule has 0 unspecified atom stereocenters. The van der Waals surface area contributed by atoms with E-state index in [1.807, 2.05) is 11.8 Å². The smallest absolute Gasteiger partial charge is 0.152 e. The molecule has 0 N–H and O–H groups in total. The summed E-state index contributed by atoms with van der Waals surface area (Å²) in [6, 6.07) is 79.9. The zero-order chi connectivity index (χ0) is 41.9. The second-order valence-corrected chi connectivity index (χ2v) is 17.9. The molecule has 0 atom stereocenters. The Morgan fingerprint density at radius 1 is 0.297 bits per heavy atom. The van der Waals surface area contributed by atoms with Crippen LogP contribution in [0, 0.1) is 0 Å². The normalized spacial score (nSPS) is 13.0. The van der Waals surface area contributed by atoms with Gasteiger partial charge in [0.1, 0.15) is 0 Å². The van der Waals surface area contributed by atoms with E-state index in [1.165, 1.54) is 74.7 Å². The zero-order valence-electron chi connectivity index (χ0n) is 34.5. The van der Waals surface area contributed by atoms with E-state index in [0.29, 0.717) is 0 Å². The van der Waals surface area contributed by atoms with Crippen molar-refractivity contribution >= 4 is 111 Å². The minimum atomic E-state index is 0.825. The molecule has 2 heterocycles. The first kappa shape index (κ1) is 35.5. The summed E-state index contributed by atoms with van der Waals surface area (Å²) in [4.78, 5) is 7.38. The molecule has 3 nitrogen and oxygen atoms in total. The number of hydrogen-bond acceptors (Lipinski definition) is 4. The minimum absolute atomic E-state index is 0.825. The molecule has 0 fully saturated rings. The average Bonchev–Trinajstić information content (AvgIpc) is 3.36. The molecule has 298 valence electrons. The lowest BCUT2D eigenvalue weighted by Crippen LogP contribution is -2.16. The molecule has 0 aromatic heterocycles. The monoisotopic (exact) mass is 832 g/mol. The molecule has 0 bridgehead atoms. The molecule has 0 saturated heterocycles. The van der Waals surface area contributed by atoms with Crippen molar-refractivity contribution in [2.75, 3.05) is 9.80 Å². The Kier molecular flexibility index (Phi) is 7.62. The third-order valence-corrected chi connectivity index (χ3v) is 14.5. The van der Waals surface area contributed by atoms with E-state index < -0.39 is 0 Å². The van der Waals surface area contributed by atoms with Gasteiger partial charge in [-0.25, -0.2) is 0 Å². The lowest BCUT2D eigenvalue weighted by molar-refractivity contribution is 0.478. The Balaban J connectivity index is 0.971. The Morgan fingerprint density at radius 3 is 1.61 bits per heavy atom. The van der Waals surface area contributed by atoms with Crippen molar-refractivity contribution in [2.24, 2.45) is 0 Å². The Labute approximate surface area is 374 Å². The van der Waals surface area contributed by atoms with Gasteiger partial charge in [-0.2, -0.15) is 0 Å². The second-order valence-electron chi connectivity index (χ2n) is 16.9. The van der Waals surface area contributed by atoms with Crippen LogP contribution >= 0.6 is 11.8 Å². The van der Waals surface area contributed by atoms with Gasteiger partial charge in [0.25, 0.3) is 0 Å². The van der Waals surface area contributed by atoms with Crippen LogP contribution in [0.5, 0.6) is 11.5 Å². The van der Waals surface area contributed by atoms with Crippen molar-refractivity contribution in [3.05, 3.63) is 218 Å². The summed E-state index contributed by atoms with van der Waals surface area (Å²) in [5, 5.41) is 14.8. The number of nitrogens with zero attached hydrogens (tertiary/aromatic N) is 2. The molecule has 64 heavy (non-hydrogen) atoms. The van der Waals surface area contributed by atoms with Gasteiger partial charge in [0.15, 0.2) is 11.5 Å². The van der Waals surface area contributed by atoms with E-state index in [2.05, 4.69) is 228 Å². The maximum atomic E-state index is 6.82. The first-order valence-electron chi connectivity index (χ1n) is 21.8. The molecule has 14 rings (SSSR count). The van der Waals surface area contributed by atoms with Gasteiger partial charge >= 0.3 is 0 Å². The van der Waals surface area contributed by atoms with E-state index >= 15 is 0 Å². The third kappa shape index (κ3) is 5.30. The van der Waals surface area contributed by atoms with Crippen molar-refractivity contribution < 1.29 is 4.74 Å². The highest BCUT2D eigenvalue weighted by molar-refractivity contribution is 8.00. The summed E-state index contributed by atoms with van der Waals surface area (Å²) in [6.45, 7) is 0. The summed E-state index contributed by atoms with van der Waals surface area (Å²) in [7, 11) is 0. The molecular weight excluding hydrogens is 797 g/mol. The van der Waals surface area contributed by atoms with Crippen LogP contribution in [0.1, 0.15) is 0 Å². The van der Waals surface area contributed by atoms with Gasteiger partial charge in [0.2, 0.25) is 0 Å². The molecule has 0 radical (unpaired) electrons. The summed E-state index contributed by atoms with van der Waals surface area (Å²) >= 11 is 1.87. The molecule has 12 aromatic rings. The molecule has 12 aromatic carbocycles. The Bertz CT molecular complexity index is 3910. The molecule has 0 aliphatic carbocycles. The summed E-state index contributed by atoms with van der Waals surface area (Å²) in [5.74, 6) is 1.67. The van der Waals surface area contributed by atoms with Crippen LogP contribution in [-0.2, 0) is 0 Å². The van der Waals surface area contributed by atoms with Gasteiger partial charge in [-0.15, -0.1) is 0 Å². The van der Waals surface area contributed by atoms with E-state index in [9.17, 15) is 0 Å². The zero-order valence-corrected chi connectivity index (χ0v) is 35.3. The summed E-state index contributed by atoms with van der Waals surface area (Å²) in [5.41, 5.74) is 8.87. The standard InChI is InChI=1S/C60H36N2OS/c1-2-15-40-35-58-55(32-39(40)14-1)62(52-23-11-16-37-12-3-5-17-44(37)52)54-33-41(25-30-57(54)63-58)42-26-31-59-56(34-42)61(53-29-24-38-13-4-6-18-45(38)60(53)64-59)43-27-28-50-48-21-8-7-19-46(48)47-20-9-10-22-49(47)51(50)36-43/h1-36H. The number of ether oxygens (including phenoxy) is 1. The lowest BCUT2D eigenvalue weighted by Gasteiger charge is -2.35. The quantitative estimate of drug-likeness (QED) is 0.165. The van der Waals surface area contributed by atoms with E-state index in [-0.39, 0.29) is 0 Å². The van der Waals surface area contributed by atoms with Gasteiger partial charge in [0, 0.05) is 20.9 Å². The average molecular weight is 833 g/mol. The van der Waals surface area contributed by atoms with Crippen molar-refractivity contribution in [1.82, 2.24) is 0 Å². The highest BCUT2D eigenvalue weighted by Gasteiger charge is 2.30. The fourth-order valence-corrected chi connectivity index (χ4v) is 11.5. The van der Waals surface area contributed by atoms with Crippen LogP contribution < -0.4 is 14.5 Å². The van der Waals surface area contributed by atoms with Crippen molar-refractivity contribution in [3.63, 3.8) is 0 Å². The molecule has 0 spiro atoms. The van der Waals surface area contributed by atoms with Gasteiger partial charge in [0.05, 0.1) is 28.4 Å². The van der Waals surface area contributed by atoms with Crippen LogP contribution in [0.2, 0.25) is 0 Å². The summed E-state index contributed by atoms with van der Waals surface area (Å²) < 4.78 is 6.82. The maximum Gasteiger partial charge on any atom is 0.152 e. The van der Waals surface area contributed by atoms with Crippen LogP contribution in [-0.4, -0.2) is 0 Å². The fourth-order valence-electron chi connectivity index (χ4n) is 10.4. The molecule has 0 saturated carbocycles. The third-order valence-electron chi connectivity index (χ3n) is 13.3. The number of rotatable bonds is 3. The van der Waals surface area contributed by atoms with Crippen molar-refractivity contribution in [1.29, 1.82) is 0 Å². The van der Waals surface area contributed by atoms with E-state index in [0.717, 1.165) is 56.4 Å². The highest BCUT2D eigenvalue weighted by Crippen LogP contribution is 2.57. The predicted molar refractivity (Wildman–Crippen MR) is 270 cm³/mol. The highest BCUT2D eigenvalue weighted by atomic mass is 32.2. The molecule has 2 aliphatic heterocycles. The minimum Gasteiger partial charge on any atom is -0.453 e. The number of hydrogen-bond donors (Lipinski definition) is 0. The Morgan fingerprint density at radius 2 is 0.859 bits per heavy atom. The van der Waals surface area contributed by atoms with Gasteiger partial charge in [-0.3, -0.25) is 0 Å². The largest absolute Gasteiger partial charge is 0.453 e. The van der Waals surface area contributed by atoms with Crippen LogP contribution in [0.25, 0.3) is 75.8 Å². The predicted octanol–water partition coefficient (Wildman–Crippen LogP) is 17.8. The first-order valence-corrected chi connectivity index (χ1v) is 22.6. The number of benzene rings is 12. The van der Waals surface area contributed by atoms with Gasteiger partial charge in [-0.05, 0) is 131 Å². The Hall–Kier alpha value is -8.05. The van der Waals surface area contributed by atoms with Gasteiger partial charge in [-0.1, -0.05) is 169 Å². The van der Waals surface area contributed by atoms with Gasteiger partial charge < -0.3 is 14.5 Å². The maximum absolute atomic E-state index is 6.82. The molecular formula is C60H36N2OS. The first-order chi connectivity index (χ1) is 31.7. The molecule has 4 heteroatoms. The summed E-state index contributed by atoms with van der Waals surface area (Å²) in [6.07, 6.45) is 0. The number of fused-ring (bicyclic) bond motifs is 14. The van der Waals surface area contributed by atoms with Crippen molar-refractivity contribution in [3.8, 4) is 22.6 Å². The second kappa shape index (κ2) is 13.7. The molecule has 2 aliphatic rings. The van der Waals surface area contributed by atoms with Crippen LogP contribution in [0.4, 0.5) is 34.1 Å². The van der Waals surface area contributed by atoms with Crippen LogP contribution in [0.15, 0.2) is 228 Å². The van der Waals surface area contributed by atoms with Crippen molar-refractivity contribution in [2.45, 2.75) is 9.79 Å². The fraction of sp³-hybridized carbons (Fsp3) is 0. The lowest BCUT2D eigenvalue weighted by atomic mass is 9.94. The topological polar surface area (TPSA) is 15.7 Å². The van der Waals surface area contributed by atoms with E-state index in [4.69, 9.17) is 4.74 Å². The SMILES string of the molecule is c1ccc2cc3c(cc2c1)Oc1ccc(-c2ccc4c(c2)N(c2ccc5c6ccccc6c6ccccc6c5c2)c2ccc5ccccc5c2S4)cc1N3c1cccc2ccccc12. The molecule has 0 amide bonds.